The number of hydrogen-bond acceptors (Lipinski definition) is 4. The van der Waals surface area contributed by atoms with Gasteiger partial charge in [-0.05, 0) is 49.9 Å². The minimum absolute atomic E-state index is 0.0381. The molecule has 0 N–H and O–H groups in total. The van der Waals surface area contributed by atoms with Gasteiger partial charge in [-0.1, -0.05) is 19.1 Å². The van der Waals surface area contributed by atoms with Gasteiger partial charge in [0, 0.05) is 17.7 Å². The van der Waals surface area contributed by atoms with Crippen LogP contribution in [-0.4, -0.2) is 42.6 Å². The lowest BCUT2D eigenvalue weighted by Gasteiger charge is -2.39. The van der Waals surface area contributed by atoms with E-state index in [2.05, 4.69) is 4.90 Å². The second-order valence-corrected chi connectivity index (χ2v) is 7.97. The summed E-state index contributed by atoms with van der Waals surface area (Å²) in [7, 11) is 1.97. The molecular weight excluding hydrogens is 363 g/mol. The number of esters is 1. The molecule has 146 valence electrons. The monoisotopic (exact) mass is 389 g/mol. The van der Waals surface area contributed by atoms with Crippen molar-refractivity contribution in [3.8, 4) is 0 Å². The van der Waals surface area contributed by atoms with Crippen LogP contribution >= 0.6 is 11.8 Å². The summed E-state index contributed by atoms with van der Waals surface area (Å²) in [6.45, 7) is 3.23. The fraction of sp³-hybridized carbons (Fsp3) is 0.632. The van der Waals surface area contributed by atoms with Crippen LogP contribution < -0.4 is 0 Å². The van der Waals surface area contributed by atoms with E-state index in [1.54, 1.807) is 23.9 Å². The highest BCUT2D eigenvalue weighted by Crippen LogP contribution is 2.37. The highest BCUT2D eigenvalue weighted by molar-refractivity contribution is 7.99. The van der Waals surface area contributed by atoms with E-state index in [1.165, 1.54) is 0 Å². The fourth-order valence-electron chi connectivity index (χ4n) is 3.40. The summed E-state index contributed by atoms with van der Waals surface area (Å²) >= 11 is 1.70. The van der Waals surface area contributed by atoms with Crippen molar-refractivity contribution >= 4 is 17.7 Å². The summed E-state index contributed by atoms with van der Waals surface area (Å²) in [6, 6.07) is 5.30. The molecule has 1 fully saturated rings. The minimum Gasteiger partial charge on any atom is -0.465 e. The third kappa shape index (κ3) is 5.91. The number of halogens is 3. The lowest BCUT2D eigenvalue weighted by molar-refractivity contribution is -0.146. The zero-order chi connectivity index (χ0) is 19.2. The molecule has 0 unspecified atom stereocenters. The molecule has 0 amide bonds. The van der Waals surface area contributed by atoms with Crippen molar-refractivity contribution in [3.05, 3.63) is 35.4 Å². The molecule has 26 heavy (non-hydrogen) atoms. The molecule has 2 rings (SSSR count). The van der Waals surface area contributed by atoms with Crippen LogP contribution in [0.1, 0.15) is 43.4 Å². The Balaban J connectivity index is 2.02. The molecule has 3 nitrogen and oxygen atoms in total. The molecule has 0 aromatic heterocycles. The molecule has 0 bridgehead atoms. The van der Waals surface area contributed by atoms with Crippen LogP contribution in [0, 0.1) is 5.92 Å². The predicted molar refractivity (Wildman–Crippen MR) is 98.1 cm³/mol. The molecule has 2 atom stereocenters. The number of hydrogen-bond donors (Lipinski definition) is 0. The van der Waals surface area contributed by atoms with E-state index in [1.807, 2.05) is 14.0 Å². The predicted octanol–water partition coefficient (Wildman–Crippen LogP) is 4.77. The summed E-state index contributed by atoms with van der Waals surface area (Å²) in [6.07, 6.45) is -2.05. The SMILES string of the molecule is CCSCCC(=O)OC[C@H]1CCCN(C)[C@H]1c1ccc(C(F)(F)F)cc1. The molecule has 1 aliphatic rings. The number of ether oxygens (including phenoxy) is 1. The Bertz CT molecular complexity index is 577. The van der Waals surface area contributed by atoms with Gasteiger partial charge in [-0.3, -0.25) is 9.69 Å². The number of nitrogens with zero attached hydrogens (tertiary/aromatic N) is 1. The van der Waals surface area contributed by atoms with Crippen LogP contribution in [0.2, 0.25) is 0 Å². The third-order valence-electron chi connectivity index (χ3n) is 4.70. The first kappa shape index (κ1) is 21.1. The number of carbonyl (C=O) groups is 1. The number of carbonyl (C=O) groups excluding carboxylic acids is 1. The molecule has 1 aromatic carbocycles. The van der Waals surface area contributed by atoms with Gasteiger partial charge in [0.2, 0.25) is 0 Å². The van der Waals surface area contributed by atoms with E-state index in [0.29, 0.717) is 13.0 Å². The molecular formula is C19H26F3NO2S. The van der Waals surface area contributed by atoms with Gasteiger partial charge in [0.15, 0.2) is 0 Å². The summed E-state index contributed by atoms with van der Waals surface area (Å²) in [5.74, 6) is 1.61. The highest BCUT2D eigenvalue weighted by atomic mass is 32.2. The summed E-state index contributed by atoms with van der Waals surface area (Å²) in [5.41, 5.74) is 0.193. The number of rotatable bonds is 7. The number of alkyl halides is 3. The molecule has 1 saturated heterocycles. The second kappa shape index (κ2) is 9.65. The zero-order valence-corrected chi connectivity index (χ0v) is 16.0. The van der Waals surface area contributed by atoms with Gasteiger partial charge in [0.25, 0.3) is 0 Å². The maximum absolute atomic E-state index is 12.8. The molecule has 0 spiro atoms. The molecule has 0 saturated carbocycles. The van der Waals surface area contributed by atoms with Crippen LogP contribution in [0.3, 0.4) is 0 Å². The van der Waals surface area contributed by atoms with Crippen molar-refractivity contribution in [2.45, 2.75) is 38.4 Å². The summed E-state index contributed by atoms with van der Waals surface area (Å²) < 4.78 is 43.8. The van der Waals surface area contributed by atoms with E-state index in [4.69, 9.17) is 4.74 Å². The van der Waals surface area contributed by atoms with Gasteiger partial charge in [-0.25, -0.2) is 0 Å². The minimum atomic E-state index is -4.33. The van der Waals surface area contributed by atoms with Crippen molar-refractivity contribution < 1.29 is 22.7 Å². The molecule has 1 aliphatic heterocycles. The summed E-state index contributed by atoms with van der Waals surface area (Å²) in [4.78, 5) is 14.0. The number of benzene rings is 1. The van der Waals surface area contributed by atoms with Gasteiger partial charge in [0.05, 0.1) is 18.6 Å². The normalized spacial score (nSPS) is 21.6. The Morgan fingerprint density at radius 2 is 2.00 bits per heavy atom. The van der Waals surface area contributed by atoms with Crippen LogP contribution in [0.15, 0.2) is 24.3 Å². The Labute approximate surface area is 157 Å². The first-order valence-electron chi connectivity index (χ1n) is 8.93. The first-order valence-corrected chi connectivity index (χ1v) is 10.1. The Kier molecular flexibility index (Phi) is 7.83. The smallest absolute Gasteiger partial charge is 0.416 e. The van der Waals surface area contributed by atoms with Gasteiger partial charge >= 0.3 is 12.1 Å². The number of thioether (sulfide) groups is 1. The fourth-order valence-corrected chi connectivity index (χ4v) is 4.00. The van der Waals surface area contributed by atoms with Crippen molar-refractivity contribution in [3.63, 3.8) is 0 Å². The Morgan fingerprint density at radius 3 is 2.62 bits per heavy atom. The van der Waals surface area contributed by atoms with E-state index < -0.39 is 11.7 Å². The van der Waals surface area contributed by atoms with Crippen molar-refractivity contribution in [2.75, 3.05) is 31.7 Å². The first-order chi connectivity index (χ1) is 12.3. The number of piperidine rings is 1. The third-order valence-corrected chi connectivity index (χ3v) is 5.60. The molecule has 0 aliphatic carbocycles. The highest BCUT2D eigenvalue weighted by Gasteiger charge is 2.33. The van der Waals surface area contributed by atoms with Crippen LogP contribution in [0.25, 0.3) is 0 Å². The Morgan fingerprint density at radius 1 is 1.31 bits per heavy atom. The average molecular weight is 389 g/mol. The zero-order valence-electron chi connectivity index (χ0n) is 15.2. The maximum Gasteiger partial charge on any atom is 0.416 e. The van der Waals surface area contributed by atoms with Crippen molar-refractivity contribution in [1.29, 1.82) is 0 Å². The second-order valence-electron chi connectivity index (χ2n) is 6.58. The maximum atomic E-state index is 12.8. The molecule has 1 heterocycles. The van der Waals surface area contributed by atoms with E-state index in [9.17, 15) is 18.0 Å². The van der Waals surface area contributed by atoms with Crippen molar-refractivity contribution in [2.24, 2.45) is 5.92 Å². The lowest BCUT2D eigenvalue weighted by Crippen LogP contribution is -2.38. The van der Waals surface area contributed by atoms with Gasteiger partial charge < -0.3 is 4.74 Å². The average Bonchev–Trinajstić information content (AvgIpc) is 2.59. The molecule has 7 heteroatoms. The molecule has 1 aromatic rings. The largest absolute Gasteiger partial charge is 0.465 e. The molecule has 0 radical (unpaired) electrons. The van der Waals surface area contributed by atoms with Gasteiger partial charge in [0.1, 0.15) is 0 Å². The standard InChI is InChI=1S/C19H26F3NO2S/c1-3-26-12-10-17(24)25-13-15-5-4-11-23(2)18(15)14-6-8-16(9-7-14)19(20,21)22/h6-9,15,18H,3-5,10-13H2,1-2H3/t15-,18+/m1/s1. The quantitative estimate of drug-likeness (QED) is 0.496. The topological polar surface area (TPSA) is 29.5 Å². The van der Waals surface area contributed by atoms with E-state index in [0.717, 1.165) is 48.6 Å². The summed E-state index contributed by atoms with van der Waals surface area (Å²) in [5, 5.41) is 0. The Hall–Kier alpha value is -1.21. The van der Waals surface area contributed by atoms with Crippen LogP contribution in [0.4, 0.5) is 13.2 Å². The lowest BCUT2D eigenvalue weighted by atomic mass is 9.85. The van der Waals surface area contributed by atoms with E-state index in [-0.39, 0.29) is 17.9 Å². The van der Waals surface area contributed by atoms with Crippen molar-refractivity contribution in [1.82, 2.24) is 4.90 Å². The van der Waals surface area contributed by atoms with Crippen LogP contribution in [-0.2, 0) is 15.7 Å². The van der Waals surface area contributed by atoms with Gasteiger partial charge in [-0.2, -0.15) is 24.9 Å². The van der Waals surface area contributed by atoms with Crippen LogP contribution in [0.5, 0.6) is 0 Å². The van der Waals surface area contributed by atoms with Gasteiger partial charge in [-0.15, -0.1) is 0 Å². The van der Waals surface area contributed by atoms with E-state index >= 15 is 0 Å². The number of likely N-dealkylation sites (tertiary alicyclic amines) is 1.